The number of ketones is 1. The molecule has 1 aromatic carbocycles. The molecule has 0 atom stereocenters. The van der Waals surface area contributed by atoms with Crippen molar-refractivity contribution in [1.29, 1.82) is 0 Å². The van der Waals surface area contributed by atoms with Gasteiger partial charge in [0.05, 0.1) is 20.1 Å². The molecule has 0 radical (unpaired) electrons. The van der Waals surface area contributed by atoms with E-state index in [4.69, 9.17) is 9.47 Å². The fourth-order valence-corrected chi connectivity index (χ4v) is 1.54. The van der Waals surface area contributed by atoms with E-state index in [2.05, 4.69) is 0 Å². The predicted molar refractivity (Wildman–Crippen MR) is 72.4 cm³/mol. The Bertz CT molecular complexity index is 409. The van der Waals surface area contributed by atoms with Crippen molar-refractivity contribution in [3.8, 4) is 5.75 Å². The van der Waals surface area contributed by atoms with Crippen LogP contribution < -0.4 is 4.74 Å². The van der Waals surface area contributed by atoms with Gasteiger partial charge in [0, 0.05) is 12.0 Å². The Morgan fingerprint density at radius 2 is 1.79 bits per heavy atom. The van der Waals surface area contributed by atoms with E-state index in [0.717, 1.165) is 12.8 Å². The molecule has 0 saturated carbocycles. The Morgan fingerprint density at radius 1 is 1.11 bits per heavy atom. The quantitative estimate of drug-likeness (QED) is 0.411. The van der Waals surface area contributed by atoms with Crippen LogP contribution in [-0.4, -0.2) is 25.5 Å². The van der Waals surface area contributed by atoms with Crippen LogP contribution in [0.5, 0.6) is 5.75 Å². The zero-order valence-corrected chi connectivity index (χ0v) is 11.5. The minimum absolute atomic E-state index is 0.0601. The van der Waals surface area contributed by atoms with Gasteiger partial charge < -0.3 is 9.47 Å². The van der Waals surface area contributed by atoms with Gasteiger partial charge in [0.2, 0.25) is 0 Å². The van der Waals surface area contributed by atoms with Crippen molar-refractivity contribution in [1.82, 2.24) is 0 Å². The van der Waals surface area contributed by atoms with Gasteiger partial charge in [-0.2, -0.15) is 0 Å². The lowest BCUT2D eigenvalue weighted by molar-refractivity contribution is -0.143. The Hall–Kier alpha value is -1.84. The number of Topliss-reactive ketones (excluding diaryl/α,β-unsaturated/α-hetero) is 1. The minimum atomic E-state index is -0.310. The molecule has 1 aromatic rings. The van der Waals surface area contributed by atoms with Gasteiger partial charge in [-0.05, 0) is 30.7 Å². The summed E-state index contributed by atoms with van der Waals surface area (Å²) in [5, 5.41) is 0. The minimum Gasteiger partial charge on any atom is -0.497 e. The van der Waals surface area contributed by atoms with Gasteiger partial charge in [-0.1, -0.05) is 13.3 Å². The molecule has 4 heteroatoms. The van der Waals surface area contributed by atoms with Gasteiger partial charge in [-0.3, -0.25) is 9.59 Å². The number of unbranched alkanes of at least 4 members (excludes halogenated alkanes) is 1. The number of ether oxygens (including phenoxy) is 2. The first kappa shape index (κ1) is 15.2. The maximum absolute atomic E-state index is 11.8. The van der Waals surface area contributed by atoms with Gasteiger partial charge in [0.1, 0.15) is 5.75 Å². The highest BCUT2D eigenvalue weighted by Crippen LogP contribution is 2.13. The first-order chi connectivity index (χ1) is 9.17. The van der Waals surface area contributed by atoms with Crippen LogP contribution >= 0.6 is 0 Å². The molecule has 104 valence electrons. The SMILES string of the molecule is CCCCOC(=O)CCC(=O)c1ccc(OC)cc1. The van der Waals surface area contributed by atoms with Gasteiger partial charge in [-0.15, -0.1) is 0 Å². The summed E-state index contributed by atoms with van der Waals surface area (Å²) in [5.41, 5.74) is 0.585. The number of hydrogen-bond acceptors (Lipinski definition) is 4. The third kappa shape index (κ3) is 5.55. The molecule has 0 aliphatic carbocycles. The molecule has 0 amide bonds. The largest absolute Gasteiger partial charge is 0.497 e. The second kappa shape index (κ2) is 8.29. The van der Waals surface area contributed by atoms with Crippen molar-refractivity contribution in [3.05, 3.63) is 29.8 Å². The summed E-state index contributed by atoms with van der Waals surface area (Å²) in [6.07, 6.45) is 2.15. The third-order valence-electron chi connectivity index (χ3n) is 2.73. The molecule has 0 aromatic heterocycles. The van der Waals surface area contributed by atoms with E-state index in [1.807, 2.05) is 6.92 Å². The summed E-state index contributed by atoms with van der Waals surface area (Å²) in [4.78, 5) is 23.2. The summed E-state index contributed by atoms with van der Waals surface area (Å²) < 4.78 is 10.0. The molecule has 0 aliphatic heterocycles. The molecule has 0 saturated heterocycles. The first-order valence-corrected chi connectivity index (χ1v) is 6.50. The lowest BCUT2D eigenvalue weighted by Crippen LogP contribution is -2.09. The number of hydrogen-bond donors (Lipinski definition) is 0. The van der Waals surface area contributed by atoms with Crippen LogP contribution in [-0.2, 0) is 9.53 Å². The molecule has 0 unspecified atom stereocenters. The maximum Gasteiger partial charge on any atom is 0.306 e. The Morgan fingerprint density at radius 3 is 2.37 bits per heavy atom. The van der Waals surface area contributed by atoms with Crippen LogP contribution in [0.4, 0.5) is 0 Å². The number of methoxy groups -OCH3 is 1. The van der Waals surface area contributed by atoms with E-state index in [1.54, 1.807) is 31.4 Å². The van der Waals surface area contributed by atoms with Gasteiger partial charge in [-0.25, -0.2) is 0 Å². The molecule has 0 N–H and O–H groups in total. The van der Waals surface area contributed by atoms with E-state index in [9.17, 15) is 9.59 Å². The van der Waals surface area contributed by atoms with Crippen molar-refractivity contribution in [2.24, 2.45) is 0 Å². The molecule has 4 nitrogen and oxygen atoms in total. The topological polar surface area (TPSA) is 52.6 Å². The van der Waals surface area contributed by atoms with E-state index in [-0.39, 0.29) is 24.6 Å². The van der Waals surface area contributed by atoms with Gasteiger partial charge in [0.15, 0.2) is 5.78 Å². The highest BCUT2D eigenvalue weighted by atomic mass is 16.5. The lowest BCUT2D eigenvalue weighted by atomic mass is 10.1. The van der Waals surface area contributed by atoms with Crippen LogP contribution in [0.2, 0.25) is 0 Å². The highest BCUT2D eigenvalue weighted by molar-refractivity contribution is 5.97. The van der Waals surface area contributed by atoms with Crippen LogP contribution in [0.3, 0.4) is 0 Å². The zero-order valence-electron chi connectivity index (χ0n) is 11.5. The Balaban J connectivity index is 2.35. The third-order valence-corrected chi connectivity index (χ3v) is 2.73. The summed E-state index contributed by atoms with van der Waals surface area (Å²) in [6.45, 7) is 2.47. The monoisotopic (exact) mass is 264 g/mol. The van der Waals surface area contributed by atoms with Crippen LogP contribution in [0.15, 0.2) is 24.3 Å². The Labute approximate surface area is 113 Å². The van der Waals surface area contributed by atoms with Crippen molar-refractivity contribution in [3.63, 3.8) is 0 Å². The number of carbonyl (C=O) groups excluding carboxylic acids is 2. The molecule has 1 rings (SSSR count). The van der Waals surface area contributed by atoms with Crippen molar-refractivity contribution >= 4 is 11.8 Å². The van der Waals surface area contributed by atoms with E-state index in [0.29, 0.717) is 17.9 Å². The summed E-state index contributed by atoms with van der Waals surface area (Å²) in [5.74, 6) is 0.334. The first-order valence-electron chi connectivity index (χ1n) is 6.50. The predicted octanol–water partition coefficient (Wildman–Crippen LogP) is 3.00. The smallest absolute Gasteiger partial charge is 0.306 e. The highest BCUT2D eigenvalue weighted by Gasteiger charge is 2.10. The normalized spacial score (nSPS) is 10.0. The molecule has 0 fully saturated rings. The number of benzene rings is 1. The summed E-state index contributed by atoms with van der Waals surface area (Å²) >= 11 is 0. The fourth-order valence-electron chi connectivity index (χ4n) is 1.54. The van der Waals surface area contributed by atoms with Crippen LogP contribution in [0, 0.1) is 0 Å². The van der Waals surface area contributed by atoms with E-state index >= 15 is 0 Å². The van der Waals surface area contributed by atoms with Gasteiger partial charge in [0.25, 0.3) is 0 Å². The second-order valence-electron chi connectivity index (χ2n) is 4.23. The molecular weight excluding hydrogens is 244 g/mol. The average Bonchev–Trinajstić information content (AvgIpc) is 2.45. The number of rotatable bonds is 8. The second-order valence-corrected chi connectivity index (χ2v) is 4.23. The number of carbonyl (C=O) groups is 2. The van der Waals surface area contributed by atoms with Crippen molar-refractivity contribution in [2.45, 2.75) is 32.6 Å². The van der Waals surface area contributed by atoms with Crippen LogP contribution in [0.1, 0.15) is 43.0 Å². The molecule has 19 heavy (non-hydrogen) atoms. The summed E-state index contributed by atoms with van der Waals surface area (Å²) in [7, 11) is 1.57. The van der Waals surface area contributed by atoms with Gasteiger partial charge >= 0.3 is 5.97 Å². The van der Waals surface area contributed by atoms with Crippen molar-refractivity contribution in [2.75, 3.05) is 13.7 Å². The molecule has 0 aliphatic rings. The molecule has 0 bridgehead atoms. The van der Waals surface area contributed by atoms with E-state index in [1.165, 1.54) is 0 Å². The zero-order chi connectivity index (χ0) is 14.1. The lowest BCUT2D eigenvalue weighted by Gasteiger charge is -2.04. The standard InChI is InChI=1S/C15H20O4/c1-3-4-11-19-15(17)10-9-14(16)12-5-7-13(18-2)8-6-12/h5-8H,3-4,9-11H2,1-2H3. The van der Waals surface area contributed by atoms with E-state index < -0.39 is 0 Å². The molecular formula is C15H20O4. The molecule has 0 spiro atoms. The van der Waals surface area contributed by atoms with Crippen molar-refractivity contribution < 1.29 is 19.1 Å². The Kier molecular flexibility index (Phi) is 6.64. The fraction of sp³-hybridized carbons (Fsp3) is 0.467. The maximum atomic E-state index is 11.8. The molecule has 0 heterocycles. The summed E-state index contributed by atoms with van der Waals surface area (Å²) in [6, 6.07) is 6.85. The number of esters is 1. The average molecular weight is 264 g/mol. The van der Waals surface area contributed by atoms with Crippen LogP contribution in [0.25, 0.3) is 0 Å².